The summed E-state index contributed by atoms with van der Waals surface area (Å²) in [6.07, 6.45) is 6.21. The Morgan fingerprint density at radius 3 is 2.45 bits per heavy atom. The van der Waals surface area contributed by atoms with Crippen LogP contribution in [0.25, 0.3) is 0 Å². The van der Waals surface area contributed by atoms with Crippen LogP contribution in [0.1, 0.15) is 73.2 Å². The third kappa shape index (κ3) is 4.27. The van der Waals surface area contributed by atoms with Crippen LogP contribution in [0.4, 0.5) is 5.00 Å². The van der Waals surface area contributed by atoms with Crippen molar-refractivity contribution in [3.8, 4) is 0 Å². The number of carbonyl (C=O) groups excluding carboxylic acids is 4. The molecule has 0 unspecified atom stereocenters. The number of nitrogens with one attached hydrogen (secondary N) is 1. The van der Waals surface area contributed by atoms with E-state index in [1.54, 1.807) is 6.92 Å². The molecule has 1 saturated heterocycles. The van der Waals surface area contributed by atoms with Gasteiger partial charge in [0.1, 0.15) is 5.00 Å². The Labute approximate surface area is 186 Å². The van der Waals surface area contributed by atoms with Gasteiger partial charge in [-0.2, -0.15) is 0 Å². The number of hydrogen-bond acceptors (Lipinski definition) is 6. The van der Waals surface area contributed by atoms with Gasteiger partial charge >= 0.3 is 5.97 Å². The number of fused-ring (bicyclic) bond motifs is 2. The number of rotatable bonds is 6. The van der Waals surface area contributed by atoms with E-state index in [-0.39, 0.29) is 49.1 Å². The number of likely N-dealkylation sites (tertiary alicyclic amines) is 1. The average molecular weight is 447 g/mol. The molecule has 1 aliphatic heterocycles. The lowest BCUT2D eigenvalue weighted by atomic mass is 9.81. The van der Waals surface area contributed by atoms with Crippen molar-refractivity contribution in [1.82, 2.24) is 4.90 Å². The molecule has 1 aromatic heterocycles. The maximum Gasteiger partial charge on any atom is 0.341 e. The van der Waals surface area contributed by atoms with Crippen molar-refractivity contribution in [2.75, 3.05) is 18.5 Å². The lowest BCUT2D eigenvalue weighted by Gasteiger charge is -2.19. The van der Waals surface area contributed by atoms with E-state index < -0.39 is 5.97 Å². The summed E-state index contributed by atoms with van der Waals surface area (Å²) in [5.41, 5.74) is 1.47. The first-order valence-corrected chi connectivity index (χ1v) is 12.2. The fraction of sp³-hybridized carbons (Fsp3) is 0.652. The van der Waals surface area contributed by atoms with Crippen LogP contribution in [-0.4, -0.2) is 41.7 Å². The number of nitrogens with zero attached hydrogens (tertiary/aromatic N) is 1. The number of imide groups is 1. The summed E-state index contributed by atoms with van der Waals surface area (Å²) < 4.78 is 5.24. The molecule has 3 atom stereocenters. The molecule has 0 aromatic carbocycles. The largest absolute Gasteiger partial charge is 0.462 e. The Balaban J connectivity index is 1.44. The highest BCUT2D eigenvalue weighted by atomic mass is 32.1. The highest BCUT2D eigenvalue weighted by Gasteiger charge is 2.47. The first-order chi connectivity index (χ1) is 14.9. The quantitative estimate of drug-likeness (QED) is 0.533. The monoisotopic (exact) mass is 446 g/mol. The minimum Gasteiger partial charge on any atom is -0.462 e. The van der Waals surface area contributed by atoms with E-state index in [2.05, 4.69) is 12.2 Å². The Morgan fingerprint density at radius 1 is 1.13 bits per heavy atom. The van der Waals surface area contributed by atoms with Crippen LogP contribution in [0.5, 0.6) is 0 Å². The van der Waals surface area contributed by atoms with Crippen LogP contribution in [-0.2, 0) is 32.0 Å². The molecule has 8 heteroatoms. The van der Waals surface area contributed by atoms with Gasteiger partial charge in [0.15, 0.2) is 0 Å². The van der Waals surface area contributed by atoms with Gasteiger partial charge in [-0.15, -0.1) is 11.3 Å². The standard InChI is InChI=1S/C23H30N2O5S/c1-3-30-23(29)19-16-9-8-13(2)12-17(16)31-20(19)24-18(26)10-11-25-21(27)14-6-4-5-7-15(14)22(25)28/h13-15H,3-12H2,1-2H3,(H,24,26)/t13-,14-,15-/m1/s1. The van der Waals surface area contributed by atoms with Crippen LogP contribution in [0, 0.1) is 17.8 Å². The van der Waals surface area contributed by atoms with E-state index in [1.807, 2.05) is 0 Å². The van der Waals surface area contributed by atoms with Gasteiger partial charge in [0, 0.05) is 17.8 Å². The summed E-state index contributed by atoms with van der Waals surface area (Å²) in [4.78, 5) is 52.9. The van der Waals surface area contributed by atoms with Gasteiger partial charge in [0.05, 0.1) is 24.0 Å². The minimum atomic E-state index is -0.404. The van der Waals surface area contributed by atoms with Gasteiger partial charge in [0.25, 0.3) is 0 Å². The molecule has 0 spiro atoms. The molecule has 1 N–H and O–H groups in total. The number of thiophene rings is 1. The van der Waals surface area contributed by atoms with Crippen molar-refractivity contribution in [3.05, 3.63) is 16.0 Å². The molecule has 2 heterocycles. The Morgan fingerprint density at radius 2 is 1.81 bits per heavy atom. The smallest absolute Gasteiger partial charge is 0.341 e. The minimum absolute atomic E-state index is 0.0259. The fourth-order valence-electron chi connectivity index (χ4n) is 5.11. The predicted molar refractivity (Wildman–Crippen MR) is 117 cm³/mol. The van der Waals surface area contributed by atoms with Crippen molar-refractivity contribution in [1.29, 1.82) is 0 Å². The Hall–Kier alpha value is -2.22. The molecule has 0 bridgehead atoms. The van der Waals surface area contributed by atoms with Gasteiger partial charge in [-0.1, -0.05) is 19.8 Å². The summed E-state index contributed by atoms with van der Waals surface area (Å²) in [5, 5.41) is 3.39. The molecule has 31 heavy (non-hydrogen) atoms. The fourth-order valence-corrected chi connectivity index (χ4v) is 6.53. The van der Waals surface area contributed by atoms with Gasteiger partial charge in [-0.25, -0.2) is 4.79 Å². The maximum absolute atomic E-state index is 12.7. The highest BCUT2D eigenvalue weighted by molar-refractivity contribution is 7.17. The molecule has 168 valence electrons. The summed E-state index contributed by atoms with van der Waals surface area (Å²) in [7, 11) is 0. The molecular weight excluding hydrogens is 416 g/mol. The van der Waals surface area contributed by atoms with E-state index in [9.17, 15) is 19.2 Å². The second-order valence-corrected chi connectivity index (χ2v) is 10.0. The molecule has 3 amide bonds. The number of amides is 3. The zero-order valence-corrected chi connectivity index (χ0v) is 19.0. The molecule has 2 fully saturated rings. The second kappa shape index (κ2) is 9.10. The molecule has 7 nitrogen and oxygen atoms in total. The van der Waals surface area contributed by atoms with E-state index >= 15 is 0 Å². The zero-order chi connectivity index (χ0) is 22.1. The van der Waals surface area contributed by atoms with Gasteiger partial charge in [-0.3, -0.25) is 19.3 Å². The number of hydrogen-bond donors (Lipinski definition) is 1. The summed E-state index contributed by atoms with van der Waals surface area (Å²) in [6, 6.07) is 0. The summed E-state index contributed by atoms with van der Waals surface area (Å²) >= 11 is 1.44. The van der Waals surface area contributed by atoms with Crippen molar-refractivity contribution in [2.24, 2.45) is 17.8 Å². The normalized spacial score (nSPS) is 25.2. The van der Waals surface area contributed by atoms with E-state index in [1.165, 1.54) is 16.2 Å². The van der Waals surface area contributed by atoms with Crippen molar-refractivity contribution in [3.63, 3.8) is 0 Å². The first kappa shape index (κ1) is 22.0. The third-order valence-electron chi connectivity index (χ3n) is 6.74. The zero-order valence-electron chi connectivity index (χ0n) is 18.2. The molecule has 2 aliphatic carbocycles. The molecule has 3 aliphatic rings. The second-order valence-electron chi connectivity index (χ2n) is 8.90. The number of carbonyl (C=O) groups is 4. The van der Waals surface area contributed by atoms with E-state index in [0.717, 1.165) is 55.4 Å². The van der Waals surface area contributed by atoms with E-state index in [4.69, 9.17) is 4.74 Å². The van der Waals surface area contributed by atoms with Crippen molar-refractivity contribution < 1.29 is 23.9 Å². The summed E-state index contributed by atoms with van der Waals surface area (Å²) in [6.45, 7) is 4.31. The molecule has 1 saturated carbocycles. The SMILES string of the molecule is CCOC(=O)c1c(NC(=O)CCN2C(=O)[C@@H]3CCCC[C@H]3C2=O)sc2c1CC[C@@H](C)C2. The lowest BCUT2D eigenvalue weighted by molar-refractivity contribution is -0.140. The Bertz CT molecular complexity index is 884. The topological polar surface area (TPSA) is 92.8 Å². The molecule has 4 rings (SSSR count). The average Bonchev–Trinajstić information content (AvgIpc) is 3.21. The predicted octanol–water partition coefficient (Wildman–Crippen LogP) is 3.55. The van der Waals surface area contributed by atoms with Gasteiger partial charge in [-0.05, 0) is 50.5 Å². The van der Waals surface area contributed by atoms with Crippen LogP contribution in [0.2, 0.25) is 0 Å². The van der Waals surface area contributed by atoms with Gasteiger partial charge < -0.3 is 10.1 Å². The van der Waals surface area contributed by atoms with E-state index in [0.29, 0.717) is 16.5 Å². The lowest BCUT2D eigenvalue weighted by Crippen LogP contribution is -2.34. The van der Waals surface area contributed by atoms with Gasteiger partial charge in [0.2, 0.25) is 17.7 Å². The Kier molecular flexibility index (Phi) is 6.46. The number of esters is 1. The highest BCUT2D eigenvalue weighted by Crippen LogP contribution is 2.40. The van der Waals surface area contributed by atoms with Crippen molar-refractivity contribution >= 4 is 40.0 Å². The number of anilines is 1. The van der Waals surface area contributed by atoms with Crippen LogP contribution in [0.3, 0.4) is 0 Å². The maximum atomic E-state index is 12.7. The third-order valence-corrected chi connectivity index (χ3v) is 7.91. The summed E-state index contributed by atoms with van der Waals surface area (Å²) in [5.74, 6) is -0.825. The molecular formula is C23H30N2O5S. The van der Waals surface area contributed by atoms with Crippen molar-refractivity contribution in [2.45, 2.75) is 65.2 Å². The first-order valence-electron chi connectivity index (χ1n) is 11.4. The van der Waals surface area contributed by atoms with Crippen LogP contribution in [0.15, 0.2) is 0 Å². The number of ether oxygens (including phenoxy) is 1. The van der Waals surface area contributed by atoms with Crippen LogP contribution < -0.4 is 5.32 Å². The van der Waals surface area contributed by atoms with Crippen LogP contribution >= 0.6 is 11.3 Å². The molecule has 1 aromatic rings. The molecule has 0 radical (unpaired) electrons.